The Labute approximate surface area is 85.6 Å². The van der Waals surface area contributed by atoms with Crippen molar-refractivity contribution in [1.82, 2.24) is 0 Å². The van der Waals surface area contributed by atoms with Crippen molar-refractivity contribution in [2.45, 2.75) is 0 Å². The van der Waals surface area contributed by atoms with Gasteiger partial charge in [-0.3, -0.25) is 0 Å². The van der Waals surface area contributed by atoms with Gasteiger partial charge in [0.05, 0.1) is 0 Å². The maximum absolute atomic E-state index is 7.89. The van der Waals surface area contributed by atoms with E-state index < -0.39 is 7.74 Å². The van der Waals surface area contributed by atoms with Gasteiger partial charge in [-0.1, -0.05) is 0 Å². The molecule has 9 heteroatoms. The Balaban J connectivity index is -0.000000120. The minimum absolute atomic E-state index is 0. The van der Waals surface area contributed by atoms with Gasteiger partial charge in [0.15, 0.2) is 0 Å². The van der Waals surface area contributed by atoms with Crippen LogP contribution in [-0.2, 0) is 44.7 Å². The van der Waals surface area contributed by atoms with E-state index in [2.05, 4.69) is 9.35 Å². The fourth-order valence-electron chi connectivity index (χ4n) is 0.0447. The summed E-state index contributed by atoms with van der Waals surface area (Å²) >= 11 is 0. The molecule has 0 aromatic carbocycles. The second-order valence-corrected chi connectivity index (χ2v) is 2.95. The molecule has 1 fully saturated rings. The summed E-state index contributed by atoms with van der Waals surface area (Å²) in [4.78, 5) is 23.7. The largest absolute Gasteiger partial charge is 0 e. The molecule has 5 nitrogen and oxygen atoms in total. The van der Waals surface area contributed by atoms with Crippen LogP contribution in [0, 0.1) is 0 Å². The summed E-state index contributed by atoms with van der Waals surface area (Å²) in [7, 11) is -4.80. The van der Waals surface area contributed by atoms with Crippen LogP contribution in [0.15, 0.2) is 0 Å². The smallest absolute Gasteiger partial charge is 0 e. The second kappa shape index (κ2) is 4.07. The summed E-state index contributed by atoms with van der Waals surface area (Å²) in [6, 6.07) is 0. The van der Waals surface area contributed by atoms with Gasteiger partial charge in [0, 0.05) is 35.3 Å². The van der Waals surface area contributed by atoms with E-state index in [1.165, 1.54) is 0 Å². The van der Waals surface area contributed by atoms with E-state index in [1.807, 2.05) is 0 Å². The van der Waals surface area contributed by atoms with Gasteiger partial charge >= 0.3 is 50.6 Å². The van der Waals surface area contributed by atoms with Crippen molar-refractivity contribution in [1.29, 1.82) is 0 Å². The van der Waals surface area contributed by atoms with Crippen LogP contribution in [0.4, 0.5) is 0 Å². The van der Waals surface area contributed by atoms with Gasteiger partial charge in [0.2, 0.25) is 0 Å². The molecule has 0 amide bonds. The first-order valence-electron chi connectivity index (χ1n) is 1.13. The van der Waals surface area contributed by atoms with Crippen LogP contribution < -0.4 is 0 Å². The molecule has 0 aliphatic carbocycles. The Bertz CT molecular complexity index is 80.7. The van der Waals surface area contributed by atoms with Crippen molar-refractivity contribution in [2.24, 2.45) is 0 Å². The predicted molar refractivity (Wildman–Crippen MR) is 22.9 cm³/mol. The summed E-state index contributed by atoms with van der Waals surface area (Å²) in [6.07, 6.45) is 0. The summed E-state index contributed by atoms with van der Waals surface area (Å²) < 4.78 is 6.76. The molecule has 1 rings (SSSR count). The molecule has 2 radical (unpaired) electrons. The molecule has 1 saturated heterocycles. The van der Waals surface area contributed by atoms with Crippen molar-refractivity contribution >= 4 is 26.6 Å². The number of hydrogen-bond donors (Lipinski definition) is 3. The molecule has 0 aromatic heterocycles. The van der Waals surface area contributed by atoms with Crippen molar-refractivity contribution in [3.05, 3.63) is 0 Å². The van der Waals surface area contributed by atoms with Gasteiger partial charge < -0.3 is 0 Å². The first kappa shape index (κ1) is 17.1. The fraction of sp³-hybridized carbons (Fsp3) is 0. The molecule has 54 valence electrons. The molecular formula is H4CoLiO5PV. The normalized spacial score (nSPS) is 28.6. The van der Waals surface area contributed by atoms with Crippen molar-refractivity contribution in [3.63, 3.8) is 0 Å². The zero-order chi connectivity index (χ0) is 4.86. The molecule has 0 bridgehead atoms. The summed E-state index contributed by atoms with van der Waals surface area (Å²) in [5.74, 6) is 0. The quantitative estimate of drug-likeness (QED) is 0.202. The number of rotatable bonds is 0. The van der Waals surface area contributed by atoms with Crippen molar-refractivity contribution < 1.29 is 59.4 Å². The topological polar surface area (TPSA) is 85.8 Å². The van der Waals surface area contributed by atoms with Crippen LogP contribution in [0.25, 0.3) is 0 Å². The van der Waals surface area contributed by atoms with Crippen LogP contribution in [0.5, 0.6) is 0 Å². The van der Waals surface area contributed by atoms with Crippen LogP contribution in [0.3, 0.4) is 0 Å². The molecule has 0 spiro atoms. The van der Waals surface area contributed by atoms with Crippen LogP contribution in [-0.4, -0.2) is 33.5 Å². The molecule has 1 aliphatic rings. The van der Waals surface area contributed by atoms with Gasteiger partial charge in [-0.15, -0.1) is 0 Å². The minimum Gasteiger partial charge on any atom is 0 e. The Morgan fingerprint density at radius 2 is 1.11 bits per heavy atom. The van der Waals surface area contributed by atoms with E-state index in [0.717, 1.165) is 0 Å². The van der Waals surface area contributed by atoms with E-state index >= 15 is 0 Å². The predicted octanol–water partition coefficient (Wildman–Crippen LogP) is -1.60. The van der Waals surface area contributed by atoms with Gasteiger partial charge in [-0.2, -0.15) is 0 Å². The Hall–Kier alpha value is 1.92. The Morgan fingerprint density at radius 3 is 1.11 bits per heavy atom. The average Bonchev–Trinajstić information content (AvgIpc) is 1.73. The molecule has 0 atom stereocenters. The molecule has 1 aliphatic heterocycles. The third-order valence-electron chi connectivity index (χ3n) is 0.275. The molecule has 9 heavy (non-hydrogen) atoms. The molecule has 1 heterocycles. The molecular weight excluding hydrogens is 228 g/mol. The van der Waals surface area contributed by atoms with Gasteiger partial charge in [0.25, 0.3) is 0 Å². The minimum atomic E-state index is -4.80. The van der Waals surface area contributed by atoms with Gasteiger partial charge in [-0.25, -0.2) is 0 Å². The molecule has 3 N–H and O–H groups in total. The maximum atomic E-state index is 7.89. The Morgan fingerprint density at radius 1 is 1.00 bits per heavy atom. The average molecular weight is 232 g/mol. The molecule has 0 saturated carbocycles. The number of hydrogen-bond acceptors (Lipinski definition) is 5. The first-order chi connectivity index (χ1) is 2.47. The zero-order valence-electron chi connectivity index (χ0n) is 3.39. The van der Waals surface area contributed by atoms with E-state index in [9.17, 15) is 0 Å². The van der Waals surface area contributed by atoms with E-state index in [-0.39, 0.29) is 54.2 Å². The second-order valence-electron chi connectivity index (χ2n) is 0.982. The monoisotopic (exact) mass is 232 g/mol. The van der Waals surface area contributed by atoms with E-state index in [0.29, 0.717) is 0 Å². The zero-order valence-corrected chi connectivity index (χ0v) is 6.72. The fourth-order valence-corrected chi connectivity index (χ4v) is 0.402. The molecule has 0 aromatic rings. The SMILES string of the molecule is OP1(O)(O)OO1.[Co].[LiH].[V]. The summed E-state index contributed by atoms with van der Waals surface area (Å²) in [5.41, 5.74) is 0. The van der Waals surface area contributed by atoms with E-state index in [1.54, 1.807) is 0 Å². The van der Waals surface area contributed by atoms with Crippen molar-refractivity contribution in [3.8, 4) is 0 Å². The summed E-state index contributed by atoms with van der Waals surface area (Å²) in [6.45, 7) is 0. The third kappa shape index (κ3) is 7.82. The Kier molecular flexibility index (Phi) is 7.75. The standard InChI is InChI=1S/Co.Li.H3O5P.V.H/c;;1-6(2,3)4-5-6;;/h;;1-3H;;. The van der Waals surface area contributed by atoms with Crippen LogP contribution in [0.2, 0.25) is 0 Å². The summed E-state index contributed by atoms with van der Waals surface area (Å²) in [5, 5.41) is 0. The van der Waals surface area contributed by atoms with E-state index in [4.69, 9.17) is 14.7 Å². The van der Waals surface area contributed by atoms with Crippen molar-refractivity contribution in [2.75, 3.05) is 0 Å². The molecule has 0 unspecified atom stereocenters. The van der Waals surface area contributed by atoms with Gasteiger partial charge in [-0.05, 0) is 0 Å². The third-order valence-corrected chi connectivity index (χ3v) is 0.824. The van der Waals surface area contributed by atoms with Gasteiger partial charge in [0.1, 0.15) is 0 Å². The van der Waals surface area contributed by atoms with Crippen LogP contribution >= 0.6 is 7.74 Å². The maximum Gasteiger partial charge on any atom is 0 e. The first-order valence-corrected chi connectivity index (χ1v) is 3.06. The van der Waals surface area contributed by atoms with Crippen LogP contribution in [0.1, 0.15) is 0 Å².